The number of nitrogens with zero attached hydrogens (tertiary/aromatic N) is 4. The van der Waals surface area contributed by atoms with Gasteiger partial charge >= 0.3 is 0 Å². The van der Waals surface area contributed by atoms with E-state index in [4.69, 9.17) is 0 Å². The van der Waals surface area contributed by atoms with E-state index in [1.54, 1.807) is 28.3 Å². The molecule has 0 amide bonds. The summed E-state index contributed by atoms with van der Waals surface area (Å²) >= 11 is 0. The Bertz CT molecular complexity index is 749. The normalized spacial score (nSPS) is 20.4. The van der Waals surface area contributed by atoms with Crippen LogP contribution in [0.15, 0.2) is 23.7 Å². The molecule has 2 aromatic heterocycles. The Morgan fingerprint density at radius 1 is 1.45 bits per heavy atom. The number of nitrogens with one attached hydrogen (secondary N) is 1. The van der Waals surface area contributed by atoms with Crippen molar-refractivity contribution in [2.75, 3.05) is 13.1 Å². The fourth-order valence-electron chi connectivity index (χ4n) is 2.93. The second-order valence-corrected chi connectivity index (χ2v) is 7.87. The summed E-state index contributed by atoms with van der Waals surface area (Å²) in [5.74, 6) is 0.311. The molecule has 0 radical (unpaired) electrons. The number of aromatic amines is 1. The molecule has 0 spiro atoms. The lowest BCUT2D eigenvalue weighted by Crippen LogP contribution is -2.40. The van der Waals surface area contributed by atoms with Crippen LogP contribution in [0.2, 0.25) is 0 Å². The Kier molecular flexibility index (Phi) is 4.05. The smallest absolute Gasteiger partial charge is 0.262 e. The first kappa shape index (κ1) is 15.2. The van der Waals surface area contributed by atoms with Crippen LogP contribution in [0.3, 0.4) is 0 Å². The molecule has 1 atom stereocenters. The molecular weight excluding hydrogens is 302 g/mol. The van der Waals surface area contributed by atoms with Gasteiger partial charge in [-0.25, -0.2) is 13.4 Å². The molecule has 0 bridgehead atoms. The largest absolute Gasteiger partial charge is 0.339 e. The van der Waals surface area contributed by atoms with Crippen LogP contribution in [0.25, 0.3) is 0 Å². The minimum absolute atomic E-state index is 0.133. The lowest BCUT2D eigenvalue weighted by atomic mass is 9.94. The Labute approximate surface area is 130 Å². The SMILES string of the molecule is Cc1cn[nH]c1C[C@H]1CCCN(S(=O)(=O)c2cn(C)cn2)C1. The van der Waals surface area contributed by atoms with Crippen molar-refractivity contribution in [1.29, 1.82) is 0 Å². The molecule has 8 heteroatoms. The molecule has 120 valence electrons. The Hall–Kier alpha value is -1.67. The number of rotatable bonds is 4. The fourth-order valence-corrected chi connectivity index (χ4v) is 4.46. The number of H-pyrrole nitrogens is 1. The summed E-state index contributed by atoms with van der Waals surface area (Å²) in [7, 11) is -1.72. The molecule has 1 saturated heterocycles. The molecule has 0 aromatic carbocycles. The molecule has 3 heterocycles. The van der Waals surface area contributed by atoms with Gasteiger partial charge < -0.3 is 4.57 Å². The summed E-state index contributed by atoms with van der Waals surface area (Å²) in [6.45, 7) is 3.12. The summed E-state index contributed by atoms with van der Waals surface area (Å²) in [6, 6.07) is 0. The van der Waals surface area contributed by atoms with Gasteiger partial charge in [-0.1, -0.05) is 0 Å². The maximum atomic E-state index is 12.6. The van der Waals surface area contributed by atoms with Crippen LogP contribution in [0.5, 0.6) is 0 Å². The zero-order valence-corrected chi connectivity index (χ0v) is 13.7. The highest BCUT2D eigenvalue weighted by atomic mass is 32.2. The van der Waals surface area contributed by atoms with Crippen LogP contribution in [-0.2, 0) is 23.5 Å². The molecule has 0 aliphatic carbocycles. The standard InChI is InChI=1S/C14H21N5O2S/c1-11-7-16-17-13(11)6-12-4-3-5-19(8-12)22(20,21)14-9-18(2)10-15-14/h7,9-10,12H,3-6,8H2,1-2H3,(H,16,17)/t12-/m1/s1. The summed E-state index contributed by atoms with van der Waals surface area (Å²) in [5, 5.41) is 7.18. The number of hydrogen-bond acceptors (Lipinski definition) is 4. The predicted molar refractivity (Wildman–Crippen MR) is 81.7 cm³/mol. The summed E-state index contributed by atoms with van der Waals surface area (Å²) in [5.41, 5.74) is 2.23. The number of piperidine rings is 1. The van der Waals surface area contributed by atoms with Crippen molar-refractivity contribution >= 4 is 10.0 Å². The second-order valence-electron chi connectivity index (χ2n) is 5.98. The third-order valence-corrected chi connectivity index (χ3v) is 5.94. The van der Waals surface area contributed by atoms with Crippen molar-refractivity contribution in [3.8, 4) is 0 Å². The predicted octanol–water partition coefficient (Wildman–Crippen LogP) is 1.10. The van der Waals surface area contributed by atoms with E-state index in [0.717, 1.165) is 30.5 Å². The first-order valence-electron chi connectivity index (χ1n) is 7.44. The second kappa shape index (κ2) is 5.85. The molecule has 1 fully saturated rings. The summed E-state index contributed by atoms with van der Waals surface area (Å²) < 4.78 is 28.5. The lowest BCUT2D eigenvalue weighted by Gasteiger charge is -2.31. The van der Waals surface area contributed by atoms with Crippen LogP contribution in [0.1, 0.15) is 24.1 Å². The van der Waals surface area contributed by atoms with Crippen molar-refractivity contribution in [1.82, 2.24) is 24.1 Å². The van der Waals surface area contributed by atoms with Crippen LogP contribution < -0.4 is 0 Å². The van der Waals surface area contributed by atoms with Gasteiger partial charge in [-0.05, 0) is 37.7 Å². The molecule has 1 aliphatic rings. The van der Waals surface area contributed by atoms with Gasteiger partial charge in [0, 0.05) is 32.0 Å². The van der Waals surface area contributed by atoms with E-state index in [1.807, 2.05) is 6.92 Å². The van der Waals surface area contributed by atoms with Crippen molar-refractivity contribution < 1.29 is 8.42 Å². The average molecular weight is 323 g/mol. The fraction of sp³-hybridized carbons (Fsp3) is 0.571. The van der Waals surface area contributed by atoms with E-state index in [-0.39, 0.29) is 5.03 Å². The van der Waals surface area contributed by atoms with E-state index >= 15 is 0 Å². The quantitative estimate of drug-likeness (QED) is 0.913. The van der Waals surface area contributed by atoms with Gasteiger partial charge in [0.25, 0.3) is 10.0 Å². The van der Waals surface area contributed by atoms with E-state index in [2.05, 4.69) is 15.2 Å². The molecule has 22 heavy (non-hydrogen) atoms. The van der Waals surface area contributed by atoms with E-state index in [9.17, 15) is 8.42 Å². The number of sulfonamides is 1. The maximum Gasteiger partial charge on any atom is 0.262 e. The molecule has 3 rings (SSSR count). The van der Waals surface area contributed by atoms with Gasteiger partial charge in [0.05, 0.1) is 12.5 Å². The van der Waals surface area contributed by atoms with Crippen LogP contribution in [0, 0.1) is 12.8 Å². The van der Waals surface area contributed by atoms with Crippen LogP contribution in [-0.4, -0.2) is 45.6 Å². The number of aryl methyl sites for hydroxylation is 2. The highest BCUT2D eigenvalue weighted by molar-refractivity contribution is 7.89. The first-order valence-corrected chi connectivity index (χ1v) is 8.88. The molecule has 0 saturated carbocycles. The van der Waals surface area contributed by atoms with Gasteiger partial charge in [-0.2, -0.15) is 9.40 Å². The van der Waals surface area contributed by atoms with Gasteiger partial charge in [0.2, 0.25) is 0 Å². The van der Waals surface area contributed by atoms with E-state index in [0.29, 0.717) is 19.0 Å². The monoisotopic (exact) mass is 323 g/mol. The molecule has 0 unspecified atom stereocenters. The molecule has 7 nitrogen and oxygen atoms in total. The molecule has 1 aliphatic heterocycles. The van der Waals surface area contributed by atoms with Gasteiger partial charge in [-0.3, -0.25) is 5.10 Å². The number of aromatic nitrogens is 4. The van der Waals surface area contributed by atoms with Crippen molar-refractivity contribution in [3.05, 3.63) is 30.0 Å². The highest BCUT2D eigenvalue weighted by Gasteiger charge is 2.32. The third kappa shape index (κ3) is 2.93. The Balaban J connectivity index is 1.74. The zero-order valence-electron chi connectivity index (χ0n) is 12.9. The van der Waals surface area contributed by atoms with Gasteiger partial charge in [0.15, 0.2) is 5.03 Å². The number of hydrogen-bond donors (Lipinski definition) is 1. The Morgan fingerprint density at radius 2 is 2.27 bits per heavy atom. The zero-order chi connectivity index (χ0) is 15.7. The van der Waals surface area contributed by atoms with E-state index in [1.165, 1.54) is 6.33 Å². The number of imidazole rings is 1. The van der Waals surface area contributed by atoms with Crippen molar-refractivity contribution in [2.45, 2.75) is 31.2 Å². The summed E-state index contributed by atoms with van der Waals surface area (Å²) in [4.78, 5) is 3.99. The van der Waals surface area contributed by atoms with E-state index < -0.39 is 10.0 Å². The van der Waals surface area contributed by atoms with Crippen LogP contribution >= 0.6 is 0 Å². The average Bonchev–Trinajstić information content (AvgIpc) is 3.09. The highest BCUT2D eigenvalue weighted by Crippen LogP contribution is 2.25. The van der Waals surface area contributed by atoms with Crippen molar-refractivity contribution in [2.24, 2.45) is 13.0 Å². The lowest BCUT2D eigenvalue weighted by molar-refractivity contribution is 0.263. The topological polar surface area (TPSA) is 83.9 Å². The summed E-state index contributed by atoms with van der Waals surface area (Å²) in [6.07, 6.45) is 7.62. The minimum Gasteiger partial charge on any atom is -0.339 e. The minimum atomic E-state index is -3.49. The molecule has 2 aromatic rings. The van der Waals surface area contributed by atoms with Crippen LogP contribution in [0.4, 0.5) is 0 Å². The molecule has 1 N–H and O–H groups in total. The first-order chi connectivity index (χ1) is 10.5. The third-order valence-electron chi connectivity index (χ3n) is 4.19. The van der Waals surface area contributed by atoms with Gasteiger partial charge in [0.1, 0.15) is 0 Å². The Morgan fingerprint density at radius 3 is 2.91 bits per heavy atom. The maximum absolute atomic E-state index is 12.6. The van der Waals surface area contributed by atoms with Gasteiger partial charge in [-0.15, -0.1) is 0 Å². The van der Waals surface area contributed by atoms with Crippen molar-refractivity contribution in [3.63, 3.8) is 0 Å². The molecular formula is C14H21N5O2S.